The highest BCUT2D eigenvalue weighted by atomic mass is 16.5. The van der Waals surface area contributed by atoms with Gasteiger partial charge < -0.3 is 14.2 Å². The third-order valence-corrected chi connectivity index (χ3v) is 4.40. The first kappa shape index (κ1) is 16.5. The van der Waals surface area contributed by atoms with Gasteiger partial charge in [-0.05, 0) is 25.8 Å². The monoisotopic (exact) mass is 328 g/mol. The van der Waals surface area contributed by atoms with Gasteiger partial charge in [0.1, 0.15) is 5.82 Å². The molecule has 1 saturated heterocycles. The molecule has 0 saturated carbocycles. The first-order chi connectivity index (χ1) is 11.7. The maximum atomic E-state index is 12.7. The molecule has 3 rings (SSSR count). The molecule has 2 aromatic heterocycles. The summed E-state index contributed by atoms with van der Waals surface area (Å²) in [5.41, 5.74) is 0.755. The van der Waals surface area contributed by atoms with Gasteiger partial charge in [0.2, 0.25) is 11.8 Å². The van der Waals surface area contributed by atoms with Crippen molar-refractivity contribution in [3.05, 3.63) is 42.1 Å². The summed E-state index contributed by atoms with van der Waals surface area (Å²) in [6, 6.07) is 5.57. The minimum absolute atomic E-state index is 0.120. The number of amides is 1. The van der Waals surface area contributed by atoms with E-state index in [4.69, 9.17) is 4.74 Å². The van der Waals surface area contributed by atoms with Gasteiger partial charge >= 0.3 is 0 Å². The fraction of sp³-hybridized carbons (Fsp3) is 0.500. The van der Waals surface area contributed by atoms with Gasteiger partial charge in [0, 0.05) is 44.5 Å². The van der Waals surface area contributed by atoms with Crippen LogP contribution in [-0.2, 0) is 18.3 Å². The number of carbonyl (C=O) groups is 1. The number of aryl methyl sites for hydroxylation is 1. The maximum absolute atomic E-state index is 12.7. The zero-order valence-electron chi connectivity index (χ0n) is 14.3. The van der Waals surface area contributed by atoms with E-state index in [0.717, 1.165) is 37.4 Å². The van der Waals surface area contributed by atoms with Gasteiger partial charge in [0.05, 0.1) is 18.7 Å². The minimum atomic E-state index is 0.120. The lowest BCUT2D eigenvalue weighted by Gasteiger charge is -2.32. The summed E-state index contributed by atoms with van der Waals surface area (Å²) >= 11 is 0. The number of hydrogen-bond acceptors (Lipinski definition) is 4. The molecule has 1 unspecified atom stereocenters. The molecule has 128 valence electrons. The number of carbonyl (C=O) groups excluding carboxylic acids is 1. The summed E-state index contributed by atoms with van der Waals surface area (Å²) in [4.78, 5) is 23.4. The zero-order chi connectivity index (χ0) is 16.9. The predicted octanol–water partition coefficient (Wildman–Crippen LogP) is 2.16. The van der Waals surface area contributed by atoms with Crippen molar-refractivity contribution >= 4 is 5.91 Å². The topological polar surface area (TPSA) is 60.2 Å². The maximum Gasteiger partial charge on any atom is 0.228 e. The zero-order valence-corrected chi connectivity index (χ0v) is 14.3. The van der Waals surface area contributed by atoms with Crippen molar-refractivity contribution in [3.8, 4) is 5.88 Å². The van der Waals surface area contributed by atoms with E-state index < -0.39 is 0 Å². The van der Waals surface area contributed by atoms with Crippen LogP contribution in [0.3, 0.4) is 0 Å². The Morgan fingerprint density at radius 3 is 3.04 bits per heavy atom. The van der Waals surface area contributed by atoms with Crippen LogP contribution in [0.2, 0.25) is 0 Å². The van der Waals surface area contributed by atoms with Crippen LogP contribution in [0.1, 0.15) is 37.2 Å². The highest BCUT2D eigenvalue weighted by molar-refractivity contribution is 5.78. The summed E-state index contributed by atoms with van der Waals surface area (Å²) < 4.78 is 7.45. The third kappa shape index (κ3) is 3.75. The molecular formula is C18H24N4O2. The number of rotatable bonds is 5. The molecule has 0 bridgehead atoms. The van der Waals surface area contributed by atoms with Crippen LogP contribution >= 0.6 is 0 Å². The number of ether oxygens (including phenoxy) is 1. The summed E-state index contributed by atoms with van der Waals surface area (Å²) in [5.74, 6) is 2.07. The van der Waals surface area contributed by atoms with Crippen LogP contribution < -0.4 is 4.74 Å². The first-order valence-electron chi connectivity index (χ1n) is 8.51. The van der Waals surface area contributed by atoms with Crippen molar-refractivity contribution in [2.45, 2.75) is 32.1 Å². The van der Waals surface area contributed by atoms with Crippen molar-refractivity contribution < 1.29 is 9.53 Å². The molecule has 1 aliphatic rings. The largest absolute Gasteiger partial charge is 0.478 e. The summed E-state index contributed by atoms with van der Waals surface area (Å²) in [5, 5.41) is 0. The number of imidazole rings is 1. The number of nitrogens with zero attached hydrogens (tertiary/aromatic N) is 4. The normalized spacial score (nSPS) is 17.8. The van der Waals surface area contributed by atoms with E-state index in [2.05, 4.69) is 9.97 Å². The van der Waals surface area contributed by atoms with E-state index in [1.807, 2.05) is 54.0 Å². The van der Waals surface area contributed by atoms with Crippen molar-refractivity contribution in [1.29, 1.82) is 0 Å². The Balaban J connectivity index is 1.64. The van der Waals surface area contributed by atoms with Crippen molar-refractivity contribution in [2.24, 2.45) is 7.05 Å². The Bertz CT molecular complexity index is 698. The van der Waals surface area contributed by atoms with Crippen LogP contribution in [0.15, 0.2) is 30.6 Å². The molecule has 0 aromatic carbocycles. The van der Waals surface area contributed by atoms with Gasteiger partial charge in [0.15, 0.2) is 0 Å². The Kier molecular flexibility index (Phi) is 5.13. The van der Waals surface area contributed by atoms with Gasteiger partial charge in [-0.3, -0.25) is 4.79 Å². The van der Waals surface area contributed by atoms with Crippen LogP contribution in [-0.4, -0.2) is 45.0 Å². The first-order valence-corrected chi connectivity index (χ1v) is 8.51. The Morgan fingerprint density at radius 2 is 2.29 bits per heavy atom. The smallest absolute Gasteiger partial charge is 0.228 e. The molecule has 1 amide bonds. The lowest BCUT2D eigenvalue weighted by atomic mass is 9.96. The second-order valence-electron chi connectivity index (χ2n) is 6.15. The van der Waals surface area contributed by atoms with Gasteiger partial charge in [-0.25, -0.2) is 9.97 Å². The van der Waals surface area contributed by atoms with Gasteiger partial charge in [-0.15, -0.1) is 0 Å². The highest BCUT2D eigenvalue weighted by Crippen LogP contribution is 2.25. The Morgan fingerprint density at radius 1 is 1.42 bits per heavy atom. The minimum Gasteiger partial charge on any atom is -0.478 e. The SMILES string of the molecule is CCOc1cccc(CC(=O)N2CCCC(c3nccn3C)C2)n1. The predicted molar refractivity (Wildman–Crippen MR) is 90.9 cm³/mol. The number of piperidine rings is 1. The molecule has 2 aromatic rings. The van der Waals surface area contributed by atoms with Crippen molar-refractivity contribution in [1.82, 2.24) is 19.4 Å². The quantitative estimate of drug-likeness (QED) is 0.844. The lowest BCUT2D eigenvalue weighted by Crippen LogP contribution is -2.40. The molecule has 1 aliphatic heterocycles. The van der Waals surface area contributed by atoms with Gasteiger partial charge in [-0.1, -0.05) is 6.07 Å². The standard InChI is InChI=1S/C18H24N4O2/c1-3-24-16-8-4-7-15(20-16)12-17(23)22-10-5-6-14(13-22)18-19-9-11-21(18)2/h4,7-9,11,14H,3,5-6,10,12-13H2,1-2H3. The highest BCUT2D eigenvalue weighted by Gasteiger charge is 2.27. The fourth-order valence-corrected chi connectivity index (χ4v) is 3.24. The molecule has 0 aliphatic carbocycles. The van der Waals surface area contributed by atoms with Gasteiger partial charge in [-0.2, -0.15) is 0 Å². The molecule has 6 nitrogen and oxygen atoms in total. The average Bonchev–Trinajstić information content (AvgIpc) is 3.02. The van der Waals surface area contributed by atoms with E-state index in [0.29, 0.717) is 24.8 Å². The van der Waals surface area contributed by atoms with Gasteiger partial charge in [0.25, 0.3) is 0 Å². The molecule has 0 N–H and O–H groups in total. The molecule has 6 heteroatoms. The van der Waals surface area contributed by atoms with Crippen molar-refractivity contribution in [3.63, 3.8) is 0 Å². The summed E-state index contributed by atoms with van der Waals surface area (Å²) in [6.45, 7) is 4.03. The number of hydrogen-bond donors (Lipinski definition) is 0. The van der Waals surface area contributed by atoms with Crippen LogP contribution in [0.25, 0.3) is 0 Å². The summed E-state index contributed by atoms with van der Waals surface area (Å²) in [7, 11) is 2.01. The molecule has 1 fully saturated rings. The second-order valence-corrected chi connectivity index (χ2v) is 6.15. The lowest BCUT2D eigenvalue weighted by molar-refractivity contribution is -0.131. The average molecular weight is 328 g/mol. The third-order valence-electron chi connectivity index (χ3n) is 4.40. The molecule has 1 atom stereocenters. The molecule has 0 spiro atoms. The molecule has 0 radical (unpaired) electrons. The Labute approximate surface area is 142 Å². The number of aromatic nitrogens is 3. The Hall–Kier alpha value is -2.37. The van der Waals surface area contributed by atoms with E-state index in [9.17, 15) is 4.79 Å². The number of likely N-dealkylation sites (tertiary alicyclic amines) is 1. The van der Waals surface area contributed by atoms with Crippen molar-refractivity contribution in [2.75, 3.05) is 19.7 Å². The molecule has 3 heterocycles. The fourth-order valence-electron chi connectivity index (χ4n) is 3.24. The van der Waals surface area contributed by atoms with E-state index in [-0.39, 0.29) is 5.91 Å². The van der Waals surface area contributed by atoms with Crippen LogP contribution in [0.5, 0.6) is 5.88 Å². The molecular weight excluding hydrogens is 304 g/mol. The van der Waals surface area contributed by atoms with E-state index in [1.54, 1.807) is 0 Å². The second kappa shape index (κ2) is 7.47. The van der Waals surface area contributed by atoms with E-state index >= 15 is 0 Å². The number of pyridine rings is 1. The summed E-state index contributed by atoms with van der Waals surface area (Å²) in [6.07, 6.45) is 6.18. The molecule has 24 heavy (non-hydrogen) atoms. The van der Waals surface area contributed by atoms with Crippen LogP contribution in [0, 0.1) is 0 Å². The van der Waals surface area contributed by atoms with Crippen LogP contribution in [0.4, 0.5) is 0 Å². The van der Waals surface area contributed by atoms with E-state index in [1.165, 1.54) is 0 Å².